The number of hydrogen-bond acceptors (Lipinski definition) is 1. The molecule has 0 aliphatic carbocycles. The lowest BCUT2D eigenvalue weighted by atomic mass is 10.2. The molecule has 0 bridgehead atoms. The fourth-order valence-corrected chi connectivity index (χ4v) is 8.49. The lowest BCUT2D eigenvalue weighted by Crippen LogP contribution is -3.00. The van der Waals surface area contributed by atoms with Crippen LogP contribution >= 0.6 is 7.26 Å². The third kappa shape index (κ3) is 4.61. The van der Waals surface area contributed by atoms with Gasteiger partial charge in [-0.1, -0.05) is 84.9 Å². The lowest BCUT2D eigenvalue weighted by Gasteiger charge is -2.29. The van der Waals surface area contributed by atoms with E-state index in [9.17, 15) is 4.79 Å². The molecule has 1 nitrogen and oxygen atoms in total. The summed E-state index contributed by atoms with van der Waals surface area (Å²) in [6.45, 7) is 1.64. The number of carbonyl (C=O) groups is 1. The van der Waals surface area contributed by atoms with E-state index in [1.807, 2.05) is 42.5 Å². The molecular formula is C28H24BrOP. The second-order valence-corrected chi connectivity index (χ2v) is 10.6. The van der Waals surface area contributed by atoms with Crippen LogP contribution in [0.4, 0.5) is 0 Å². The van der Waals surface area contributed by atoms with Crippen LogP contribution in [0.15, 0.2) is 127 Å². The standard InChI is InChI=1S/C28H24OP.BrH/c1-23(29)22-28(24-14-6-2-7-15-24)30(25-16-8-3-9-17-25,26-18-10-4-11-19-26)27-20-12-5-13-21-27;/h2-22H,1H3;1H/q+1;/p-1/b28-22+;. The van der Waals surface area contributed by atoms with Gasteiger partial charge in [-0.25, -0.2) is 0 Å². The van der Waals surface area contributed by atoms with Crippen molar-refractivity contribution in [3.8, 4) is 0 Å². The van der Waals surface area contributed by atoms with Crippen molar-refractivity contribution in [1.29, 1.82) is 0 Å². The first kappa shape index (κ1) is 22.9. The first-order valence-electron chi connectivity index (χ1n) is 10.1. The first-order valence-corrected chi connectivity index (χ1v) is 11.9. The van der Waals surface area contributed by atoms with Crippen molar-refractivity contribution in [2.75, 3.05) is 0 Å². The van der Waals surface area contributed by atoms with Crippen LogP contribution < -0.4 is 32.9 Å². The third-order valence-corrected chi connectivity index (χ3v) is 9.53. The van der Waals surface area contributed by atoms with E-state index >= 15 is 0 Å². The lowest BCUT2D eigenvalue weighted by molar-refractivity contribution is -0.112. The van der Waals surface area contributed by atoms with Crippen molar-refractivity contribution in [2.45, 2.75) is 6.92 Å². The average molecular weight is 487 g/mol. The zero-order valence-corrected chi connectivity index (χ0v) is 19.8. The van der Waals surface area contributed by atoms with Crippen molar-refractivity contribution >= 4 is 34.3 Å². The summed E-state index contributed by atoms with van der Waals surface area (Å²) in [5.41, 5.74) is 1.08. The average Bonchev–Trinajstić information content (AvgIpc) is 2.81. The highest BCUT2D eigenvalue weighted by molar-refractivity contribution is 8.03. The van der Waals surface area contributed by atoms with Gasteiger partial charge in [0.1, 0.15) is 28.5 Å². The van der Waals surface area contributed by atoms with Gasteiger partial charge < -0.3 is 17.0 Å². The molecule has 0 heterocycles. The zero-order valence-electron chi connectivity index (χ0n) is 17.4. The highest BCUT2D eigenvalue weighted by Crippen LogP contribution is 2.66. The van der Waals surface area contributed by atoms with Gasteiger partial charge in [0.05, 0.1) is 0 Å². The molecule has 0 saturated heterocycles. The molecule has 154 valence electrons. The fourth-order valence-electron chi connectivity index (χ4n) is 3.99. The van der Waals surface area contributed by atoms with Crippen LogP contribution in [0.5, 0.6) is 0 Å². The van der Waals surface area contributed by atoms with Crippen LogP contribution in [0, 0.1) is 0 Å². The molecule has 4 rings (SSSR count). The minimum atomic E-state index is -2.30. The van der Waals surface area contributed by atoms with Gasteiger partial charge in [-0.05, 0) is 43.3 Å². The number of hydrogen-bond donors (Lipinski definition) is 0. The molecule has 0 aromatic heterocycles. The van der Waals surface area contributed by atoms with Crippen LogP contribution in [0.3, 0.4) is 0 Å². The summed E-state index contributed by atoms with van der Waals surface area (Å²) in [4.78, 5) is 12.5. The second kappa shape index (κ2) is 10.5. The molecule has 4 aromatic rings. The minimum absolute atomic E-state index is 0. The Hall–Kier alpha value is -2.80. The highest BCUT2D eigenvalue weighted by Gasteiger charge is 2.50. The van der Waals surface area contributed by atoms with Gasteiger partial charge in [-0.15, -0.1) is 0 Å². The Morgan fingerprint density at radius 3 is 1.23 bits per heavy atom. The van der Waals surface area contributed by atoms with Crippen molar-refractivity contribution < 1.29 is 21.8 Å². The molecule has 0 aliphatic rings. The smallest absolute Gasteiger partial charge is 0.156 e. The van der Waals surface area contributed by atoms with Gasteiger partial charge in [0.15, 0.2) is 5.78 Å². The van der Waals surface area contributed by atoms with Gasteiger partial charge in [0.2, 0.25) is 0 Å². The first-order chi connectivity index (χ1) is 14.7. The molecule has 3 heteroatoms. The molecule has 0 spiro atoms. The summed E-state index contributed by atoms with van der Waals surface area (Å²) in [6.07, 6.45) is 1.84. The molecule has 0 radical (unpaired) electrons. The van der Waals surface area contributed by atoms with Gasteiger partial charge in [0.25, 0.3) is 0 Å². The van der Waals surface area contributed by atoms with Crippen molar-refractivity contribution in [2.24, 2.45) is 0 Å². The summed E-state index contributed by atoms with van der Waals surface area (Å²) < 4.78 is 0. The molecule has 0 aliphatic heterocycles. The maximum absolute atomic E-state index is 12.5. The van der Waals surface area contributed by atoms with Crippen LogP contribution in [0.25, 0.3) is 5.31 Å². The van der Waals surface area contributed by atoms with Crippen molar-refractivity contribution in [3.63, 3.8) is 0 Å². The topological polar surface area (TPSA) is 17.1 Å². The fraction of sp³-hybridized carbons (Fsp3) is 0.0357. The molecule has 0 fully saturated rings. The number of allylic oxidation sites excluding steroid dienone is 1. The minimum Gasteiger partial charge on any atom is -1.00 e. The summed E-state index contributed by atoms with van der Waals surface area (Å²) in [7, 11) is -2.30. The van der Waals surface area contributed by atoms with E-state index in [0.29, 0.717) is 0 Å². The highest BCUT2D eigenvalue weighted by atomic mass is 79.9. The molecule has 0 amide bonds. The maximum Gasteiger partial charge on any atom is 0.156 e. The van der Waals surface area contributed by atoms with E-state index in [1.165, 1.54) is 15.9 Å². The Morgan fingerprint density at radius 2 is 0.903 bits per heavy atom. The van der Waals surface area contributed by atoms with E-state index in [-0.39, 0.29) is 22.8 Å². The van der Waals surface area contributed by atoms with E-state index in [2.05, 4.69) is 84.9 Å². The molecular weight excluding hydrogens is 463 g/mol. The number of halogens is 1. The second-order valence-electron chi connectivity index (χ2n) is 7.18. The van der Waals surface area contributed by atoms with Gasteiger partial charge in [-0.3, -0.25) is 4.79 Å². The quantitative estimate of drug-likeness (QED) is 0.302. The molecule has 0 saturated carbocycles. The van der Waals surface area contributed by atoms with Crippen molar-refractivity contribution in [1.82, 2.24) is 0 Å². The van der Waals surface area contributed by atoms with E-state index in [0.717, 1.165) is 10.9 Å². The van der Waals surface area contributed by atoms with Gasteiger partial charge in [0, 0.05) is 11.6 Å². The summed E-state index contributed by atoms with van der Waals surface area (Å²) in [6, 6.07) is 42.2. The van der Waals surface area contributed by atoms with E-state index in [1.54, 1.807) is 6.92 Å². The van der Waals surface area contributed by atoms with Crippen LogP contribution in [0.2, 0.25) is 0 Å². The van der Waals surface area contributed by atoms with Crippen LogP contribution in [-0.2, 0) is 4.79 Å². The Kier molecular flexibility index (Phi) is 7.74. The van der Waals surface area contributed by atoms with Crippen molar-refractivity contribution in [3.05, 3.63) is 133 Å². The third-order valence-electron chi connectivity index (χ3n) is 5.20. The predicted octanol–water partition coefficient (Wildman–Crippen LogP) is 2.61. The molecule has 4 aromatic carbocycles. The van der Waals surface area contributed by atoms with Crippen LogP contribution in [0.1, 0.15) is 12.5 Å². The largest absolute Gasteiger partial charge is 1.00 e. The zero-order chi connectivity index (χ0) is 20.8. The molecule has 0 N–H and O–H groups in total. The monoisotopic (exact) mass is 486 g/mol. The van der Waals surface area contributed by atoms with Crippen LogP contribution in [-0.4, -0.2) is 5.78 Å². The summed E-state index contributed by atoms with van der Waals surface area (Å²) >= 11 is 0. The number of rotatable bonds is 6. The molecule has 0 unspecified atom stereocenters. The number of benzene rings is 4. The Balaban J connectivity index is 0.00000272. The Bertz CT molecular complexity index is 1040. The van der Waals surface area contributed by atoms with E-state index < -0.39 is 7.26 Å². The number of ketones is 1. The Morgan fingerprint density at radius 1 is 0.581 bits per heavy atom. The van der Waals surface area contributed by atoms with E-state index in [4.69, 9.17) is 0 Å². The molecule has 0 atom stereocenters. The van der Waals surface area contributed by atoms with Gasteiger partial charge >= 0.3 is 0 Å². The Labute approximate surface area is 195 Å². The number of carbonyl (C=O) groups excluding carboxylic acids is 1. The summed E-state index contributed by atoms with van der Waals surface area (Å²) in [5, 5.41) is 4.79. The SMILES string of the molecule is CC(=O)/C=C(\c1ccccc1)[P+](c1ccccc1)(c1ccccc1)c1ccccc1.[Br-]. The van der Waals surface area contributed by atoms with Gasteiger partial charge in [-0.2, -0.15) is 0 Å². The maximum atomic E-state index is 12.5. The molecule has 31 heavy (non-hydrogen) atoms. The summed E-state index contributed by atoms with van der Waals surface area (Å²) in [5.74, 6) is 0.0565. The predicted molar refractivity (Wildman–Crippen MR) is 130 cm³/mol. The normalized spacial score (nSPS) is 11.5.